The number of hydrazone groups is 1. The summed E-state index contributed by atoms with van der Waals surface area (Å²) >= 11 is 0. The van der Waals surface area contributed by atoms with Gasteiger partial charge in [0, 0.05) is 11.6 Å². The van der Waals surface area contributed by atoms with Crippen LogP contribution < -0.4 is 24.4 Å². The predicted molar refractivity (Wildman–Crippen MR) is 118 cm³/mol. The highest BCUT2D eigenvalue weighted by Crippen LogP contribution is 2.26. The number of hydrogen-bond acceptors (Lipinski definition) is 6. The van der Waals surface area contributed by atoms with Crippen LogP contribution in [0, 0.1) is 0 Å². The largest absolute Gasteiger partial charge is 0.489 e. The minimum absolute atomic E-state index is 0.000716. The van der Waals surface area contributed by atoms with Gasteiger partial charge in [-0.1, -0.05) is 30.3 Å². The molecule has 11 heteroatoms. The third-order valence-electron chi connectivity index (χ3n) is 4.26. The van der Waals surface area contributed by atoms with Crippen LogP contribution in [0.3, 0.4) is 0 Å². The van der Waals surface area contributed by atoms with Gasteiger partial charge >= 0.3 is 13.2 Å². The average Bonchev–Trinajstić information content (AvgIpc) is 2.83. The molecule has 3 aromatic carbocycles. The Morgan fingerprint density at radius 2 is 1.46 bits per heavy atom. The van der Waals surface area contributed by atoms with E-state index >= 15 is 0 Å². The first-order chi connectivity index (χ1) is 16.9. The summed E-state index contributed by atoms with van der Waals surface area (Å²) in [6.07, 6.45) is 1.01. The molecule has 0 aliphatic carbocycles. The second-order valence-corrected chi connectivity index (χ2v) is 6.78. The smallest absolute Gasteiger partial charge is 0.387 e. The summed E-state index contributed by atoms with van der Waals surface area (Å²) in [6.45, 7) is -6.30. The lowest BCUT2D eigenvalue weighted by Crippen LogP contribution is -2.24. The number of alkyl halides is 4. The maximum atomic E-state index is 12.6. The van der Waals surface area contributed by atoms with E-state index in [0.717, 1.165) is 23.9 Å². The number of ether oxygens (including phenoxy) is 4. The maximum Gasteiger partial charge on any atom is 0.387 e. The van der Waals surface area contributed by atoms with E-state index in [0.29, 0.717) is 18.1 Å². The molecule has 0 aliphatic rings. The third kappa shape index (κ3) is 8.88. The standard InChI is InChI=1S/C24H20F4N2O5/c25-23(26)34-20-7-6-17(21(12-20)35-24(27)28)13-29-30-22(31)15-33-19-10-8-18(9-11-19)32-14-16-4-2-1-3-5-16/h1-13,23-24H,14-15H2,(H,30,31). The fourth-order valence-electron chi connectivity index (χ4n) is 2.72. The van der Waals surface area contributed by atoms with Crippen molar-refractivity contribution in [2.75, 3.05) is 6.61 Å². The molecule has 0 saturated heterocycles. The van der Waals surface area contributed by atoms with E-state index < -0.39 is 24.9 Å². The molecule has 184 valence electrons. The Hall–Kier alpha value is -4.28. The van der Waals surface area contributed by atoms with Crippen molar-refractivity contribution in [3.63, 3.8) is 0 Å². The van der Waals surface area contributed by atoms with Crippen molar-refractivity contribution >= 4 is 12.1 Å². The van der Waals surface area contributed by atoms with Gasteiger partial charge in [-0.3, -0.25) is 4.79 Å². The highest BCUT2D eigenvalue weighted by Gasteiger charge is 2.13. The lowest BCUT2D eigenvalue weighted by molar-refractivity contribution is -0.123. The summed E-state index contributed by atoms with van der Waals surface area (Å²) in [5.74, 6) is -0.413. The van der Waals surface area contributed by atoms with Crippen LogP contribution in [-0.2, 0) is 11.4 Å². The zero-order chi connectivity index (χ0) is 25.0. The Morgan fingerprint density at radius 3 is 2.11 bits per heavy atom. The van der Waals surface area contributed by atoms with Gasteiger partial charge in [-0.05, 0) is 42.0 Å². The number of hydrogen-bond donors (Lipinski definition) is 1. The minimum Gasteiger partial charge on any atom is -0.489 e. The average molecular weight is 492 g/mol. The van der Waals surface area contributed by atoms with Gasteiger partial charge in [-0.2, -0.15) is 22.7 Å². The summed E-state index contributed by atoms with van der Waals surface area (Å²) in [5.41, 5.74) is 3.19. The van der Waals surface area contributed by atoms with Gasteiger partial charge in [-0.25, -0.2) is 5.43 Å². The van der Waals surface area contributed by atoms with Gasteiger partial charge in [0.05, 0.1) is 6.21 Å². The van der Waals surface area contributed by atoms with Crippen molar-refractivity contribution in [2.45, 2.75) is 19.8 Å². The van der Waals surface area contributed by atoms with Gasteiger partial charge in [-0.15, -0.1) is 0 Å². The van der Waals surface area contributed by atoms with Crippen LogP contribution >= 0.6 is 0 Å². The fourth-order valence-corrected chi connectivity index (χ4v) is 2.72. The predicted octanol–water partition coefficient (Wildman–Crippen LogP) is 5.00. The molecule has 0 spiro atoms. The Labute approximate surface area is 197 Å². The van der Waals surface area contributed by atoms with Crippen LogP contribution in [0.5, 0.6) is 23.0 Å². The molecule has 0 saturated carbocycles. The first-order valence-corrected chi connectivity index (χ1v) is 10.1. The first-order valence-electron chi connectivity index (χ1n) is 10.1. The lowest BCUT2D eigenvalue weighted by Gasteiger charge is -2.11. The van der Waals surface area contributed by atoms with E-state index in [1.165, 1.54) is 6.07 Å². The zero-order valence-electron chi connectivity index (χ0n) is 18.1. The van der Waals surface area contributed by atoms with Gasteiger partial charge in [0.1, 0.15) is 29.6 Å². The molecular weight excluding hydrogens is 472 g/mol. The van der Waals surface area contributed by atoms with Crippen LogP contribution in [0.15, 0.2) is 77.9 Å². The van der Waals surface area contributed by atoms with Crippen molar-refractivity contribution in [3.05, 3.63) is 83.9 Å². The van der Waals surface area contributed by atoms with Crippen LogP contribution in [-0.4, -0.2) is 32.0 Å². The zero-order valence-corrected chi connectivity index (χ0v) is 18.1. The highest BCUT2D eigenvalue weighted by atomic mass is 19.3. The number of carbonyl (C=O) groups is 1. The van der Waals surface area contributed by atoms with Gasteiger partial charge in [0.25, 0.3) is 5.91 Å². The molecule has 0 aromatic heterocycles. The van der Waals surface area contributed by atoms with Crippen LogP contribution in [0.4, 0.5) is 17.6 Å². The number of nitrogens with one attached hydrogen (secondary N) is 1. The van der Waals surface area contributed by atoms with E-state index in [2.05, 4.69) is 20.0 Å². The molecule has 0 atom stereocenters. The summed E-state index contributed by atoms with van der Waals surface area (Å²) in [4.78, 5) is 11.9. The van der Waals surface area contributed by atoms with E-state index in [4.69, 9.17) is 9.47 Å². The minimum atomic E-state index is -3.21. The van der Waals surface area contributed by atoms with Crippen LogP contribution in [0.2, 0.25) is 0 Å². The van der Waals surface area contributed by atoms with Gasteiger partial charge in [0.2, 0.25) is 0 Å². The van der Waals surface area contributed by atoms with Crippen LogP contribution in [0.1, 0.15) is 11.1 Å². The van der Waals surface area contributed by atoms with Crippen molar-refractivity contribution in [1.82, 2.24) is 5.43 Å². The summed E-state index contributed by atoms with van der Waals surface area (Å²) in [6, 6.07) is 19.4. The number of halogens is 4. The molecule has 0 bridgehead atoms. The molecule has 0 aliphatic heterocycles. The number of nitrogens with zero attached hydrogens (tertiary/aromatic N) is 1. The van der Waals surface area contributed by atoms with E-state index in [9.17, 15) is 22.4 Å². The maximum absolute atomic E-state index is 12.6. The van der Waals surface area contributed by atoms with Gasteiger partial charge in [0.15, 0.2) is 6.61 Å². The molecule has 0 radical (unpaired) electrons. The SMILES string of the molecule is O=C(COc1ccc(OCc2ccccc2)cc1)NN=Cc1ccc(OC(F)F)cc1OC(F)F. The Bertz CT molecular complexity index is 1110. The van der Waals surface area contributed by atoms with Crippen molar-refractivity contribution in [1.29, 1.82) is 0 Å². The summed E-state index contributed by atoms with van der Waals surface area (Å²) in [5, 5.41) is 3.64. The third-order valence-corrected chi connectivity index (χ3v) is 4.26. The molecule has 0 unspecified atom stereocenters. The van der Waals surface area contributed by atoms with Crippen molar-refractivity contribution in [2.24, 2.45) is 5.10 Å². The highest BCUT2D eigenvalue weighted by molar-refractivity contribution is 5.85. The molecule has 35 heavy (non-hydrogen) atoms. The molecule has 1 amide bonds. The molecule has 0 heterocycles. The molecule has 3 rings (SSSR count). The van der Waals surface area contributed by atoms with Crippen LogP contribution in [0.25, 0.3) is 0 Å². The molecule has 7 nitrogen and oxygen atoms in total. The van der Waals surface area contributed by atoms with Gasteiger partial charge < -0.3 is 18.9 Å². The summed E-state index contributed by atoms with van der Waals surface area (Å²) in [7, 11) is 0. The van der Waals surface area contributed by atoms with E-state index in [1.807, 2.05) is 30.3 Å². The first kappa shape index (κ1) is 25.3. The second-order valence-electron chi connectivity index (χ2n) is 6.78. The van der Waals surface area contributed by atoms with Crippen molar-refractivity contribution in [3.8, 4) is 23.0 Å². The second kappa shape index (κ2) is 12.8. The summed E-state index contributed by atoms with van der Waals surface area (Å²) < 4.78 is 69.3. The van der Waals surface area contributed by atoms with E-state index in [-0.39, 0.29) is 17.9 Å². The number of benzene rings is 3. The lowest BCUT2D eigenvalue weighted by atomic mass is 10.2. The van der Waals surface area contributed by atoms with E-state index in [1.54, 1.807) is 24.3 Å². The molecular formula is C24H20F4N2O5. The Morgan fingerprint density at radius 1 is 0.829 bits per heavy atom. The molecule has 0 fully saturated rings. The topological polar surface area (TPSA) is 78.4 Å². The molecule has 1 N–H and O–H groups in total. The Kier molecular flexibility index (Phi) is 9.29. The number of carbonyl (C=O) groups excluding carboxylic acids is 1. The fraction of sp³-hybridized carbons (Fsp3) is 0.167. The van der Waals surface area contributed by atoms with Crippen molar-refractivity contribution < 1.29 is 41.3 Å². The molecule has 3 aromatic rings. The number of amides is 1. The monoisotopic (exact) mass is 492 g/mol. The Balaban J connectivity index is 1.48. The normalized spacial score (nSPS) is 11.0. The number of rotatable bonds is 12. The quantitative estimate of drug-likeness (QED) is 0.219.